The number of rotatable bonds is 5. The molecule has 1 aromatic heterocycles. The molecule has 2 N–H and O–H groups in total. The number of aromatic amines is 1. The van der Waals surface area contributed by atoms with E-state index in [4.69, 9.17) is 0 Å². The summed E-state index contributed by atoms with van der Waals surface area (Å²) in [5.74, 6) is 0.224. The lowest BCUT2D eigenvalue weighted by Crippen LogP contribution is -2.32. The number of aromatic nitrogens is 2. The van der Waals surface area contributed by atoms with Crippen LogP contribution in [0.2, 0.25) is 0 Å². The zero-order valence-electron chi connectivity index (χ0n) is 14.1. The summed E-state index contributed by atoms with van der Waals surface area (Å²) in [7, 11) is 0. The third-order valence-corrected chi connectivity index (χ3v) is 4.54. The number of nitrogens with one attached hydrogen (secondary N) is 2. The van der Waals surface area contributed by atoms with Crippen LogP contribution in [0.25, 0.3) is 0 Å². The molecule has 1 amide bonds. The standard InChI is InChI=1S/C17H21N5O3/c1-12-6-8-21(9-7-12)11-13-2-4-14(5-3-13)19-17(23)16-15(22(24)25)10-18-20-16/h2-5,10,12H,6-9,11H2,1H3,(H,18,20)(H,19,23). The molecule has 0 radical (unpaired) electrons. The van der Waals surface area contributed by atoms with Gasteiger partial charge in [0.15, 0.2) is 0 Å². The molecule has 0 saturated carbocycles. The summed E-state index contributed by atoms with van der Waals surface area (Å²) in [5.41, 5.74) is 1.27. The van der Waals surface area contributed by atoms with E-state index in [-0.39, 0.29) is 11.4 Å². The Morgan fingerprint density at radius 1 is 1.36 bits per heavy atom. The Balaban J connectivity index is 1.60. The van der Waals surface area contributed by atoms with Gasteiger partial charge in [-0.3, -0.25) is 24.9 Å². The molecular formula is C17H21N5O3. The monoisotopic (exact) mass is 343 g/mol. The highest BCUT2D eigenvalue weighted by Gasteiger charge is 2.22. The molecule has 1 saturated heterocycles. The number of hydrogen-bond donors (Lipinski definition) is 2. The quantitative estimate of drug-likeness (QED) is 0.642. The van der Waals surface area contributed by atoms with Crippen LogP contribution in [0.4, 0.5) is 11.4 Å². The van der Waals surface area contributed by atoms with Crippen LogP contribution < -0.4 is 5.32 Å². The molecule has 1 fully saturated rings. The lowest BCUT2D eigenvalue weighted by molar-refractivity contribution is -0.385. The number of H-pyrrole nitrogens is 1. The molecule has 8 nitrogen and oxygen atoms in total. The van der Waals surface area contributed by atoms with Crippen molar-refractivity contribution in [3.05, 3.63) is 51.8 Å². The van der Waals surface area contributed by atoms with Crippen LogP contribution in [0.15, 0.2) is 30.5 Å². The highest BCUT2D eigenvalue weighted by Crippen LogP contribution is 2.20. The number of nitrogens with zero attached hydrogens (tertiary/aromatic N) is 3. The molecule has 0 atom stereocenters. The zero-order valence-corrected chi connectivity index (χ0v) is 14.1. The predicted molar refractivity (Wildman–Crippen MR) is 93.3 cm³/mol. The Labute approximate surface area is 145 Å². The molecule has 0 aliphatic carbocycles. The van der Waals surface area contributed by atoms with Gasteiger partial charge in [-0.15, -0.1) is 0 Å². The summed E-state index contributed by atoms with van der Waals surface area (Å²) in [6.07, 6.45) is 3.49. The first kappa shape index (κ1) is 17.1. The van der Waals surface area contributed by atoms with Crippen LogP contribution in [0.3, 0.4) is 0 Å². The number of anilines is 1. The lowest BCUT2D eigenvalue weighted by Gasteiger charge is -2.30. The number of carbonyl (C=O) groups excluding carboxylic acids is 1. The maximum Gasteiger partial charge on any atom is 0.319 e. The number of piperidine rings is 1. The second-order valence-electron chi connectivity index (χ2n) is 6.50. The summed E-state index contributed by atoms with van der Waals surface area (Å²) < 4.78 is 0. The van der Waals surface area contributed by atoms with Crippen LogP contribution in [0.5, 0.6) is 0 Å². The molecule has 1 aliphatic rings. The van der Waals surface area contributed by atoms with Crippen LogP contribution in [0, 0.1) is 16.0 Å². The van der Waals surface area contributed by atoms with Gasteiger partial charge < -0.3 is 5.32 Å². The minimum atomic E-state index is -0.638. The first-order valence-corrected chi connectivity index (χ1v) is 8.33. The first-order valence-electron chi connectivity index (χ1n) is 8.33. The van der Waals surface area contributed by atoms with E-state index < -0.39 is 10.8 Å². The largest absolute Gasteiger partial charge is 0.320 e. The van der Waals surface area contributed by atoms with Gasteiger partial charge in [0.1, 0.15) is 6.20 Å². The highest BCUT2D eigenvalue weighted by atomic mass is 16.6. The third kappa shape index (κ3) is 4.21. The fourth-order valence-electron chi connectivity index (χ4n) is 2.95. The molecule has 8 heteroatoms. The molecule has 1 aromatic carbocycles. The van der Waals surface area contributed by atoms with Crippen molar-refractivity contribution in [2.24, 2.45) is 5.92 Å². The molecule has 3 rings (SSSR count). The Morgan fingerprint density at radius 3 is 2.68 bits per heavy atom. The Morgan fingerprint density at radius 2 is 2.04 bits per heavy atom. The van der Waals surface area contributed by atoms with Crippen molar-refractivity contribution < 1.29 is 9.72 Å². The van der Waals surface area contributed by atoms with Gasteiger partial charge in [-0.25, -0.2) is 0 Å². The molecule has 2 aromatic rings. The second kappa shape index (κ2) is 7.43. The normalized spacial score (nSPS) is 15.9. The van der Waals surface area contributed by atoms with Crippen molar-refractivity contribution in [3.63, 3.8) is 0 Å². The van der Waals surface area contributed by atoms with Gasteiger partial charge in [0.25, 0.3) is 5.91 Å². The topological polar surface area (TPSA) is 104 Å². The molecule has 0 unspecified atom stereocenters. The van der Waals surface area contributed by atoms with Crippen LogP contribution in [-0.2, 0) is 6.54 Å². The fraction of sp³-hybridized carbons (Fsp3) is 0.412. The molecule has 0 spiro atoms. The minimum absolute atomic E-state index is 0.156. The molecule has 1 aliphatic heterocycles. The molecule has 132 valence electrons. The van der Waals surface area contributed by atoms with Gasteiger partial charge >= 0.3 is 5.69 Å². The second-order valence-corrected chi connectivity index (χ2v) is 6.50. The average molecular weight is 343 g/mol. The molecule has 0 bridgehead atoms. The number of amides is 1. The van der Waals surface area contributed by atoms with E-state index in [0.29, 0.717) is 5.69 Å². The lowest BCUT2D eigenvalue weighted by atomic mass is 9.99. The minimum Gasteiger partial charge on any atom is -0.320 e. The maximum atomic E-state index is 12.1. The Kier molecular flexibility index (Phi) is 5.08. The van der Waals surface area contributed by atoms with E-state index in [9.17, 15) is 14.9 Å². The van der Waals surface area contributed by atoms with Crippen LogP contribution >= 0.6 is 0 Å². The molecular weight excluding hydrogens is 322 g/mol. The van der Waals surface area contributed by atoms with E-state index in [1.807, 2.05) is 24.3 Å². The van der Waals surface area contributed by atoms with Crippen molar-refractivity contribution in [2.45, 2.75) is 26.3 Å². The first-order chi connectivity index (χ1) is 12.0. The van der Waals surface area contributed by atoms with E-state index in [1.54, 1.807) is 0 Å². The summed E-state index contributed by atoms with van der Waals surface area (Å²) >= 11 is 0. The van der Waals surface area contributed by atoms with E-state index in [2.05, 4.69) is 27.3 Å². The van der Waals surface area contributed by atoms with Gasteiger partial charge in [-0.2, -0.15) is 5.10 Å². The third-order valence-electron chi connectivity index (χ3n) is 4.54. The molecule has 25 heavy (non-hydrogen) atoms. The van der Waals surface area contributed by atoms with Gasteiger partial charge in [0.2, 0.25) is 5.69 Å². The van der Waals surface area contributed by atoms with Gasteiger partial charge in [-0.1, -0.05) is 19.1 Å². The number of hydrogen-bond acceptors (Lipinski definition) is 5. The van der Waals surface area contributed by atoms with E-state index >= 15 is 0 Å². The highest BCUT2D eigenvalue weighted by molar-refractivity contribution is 6.05. The van der Waals surface area contributed by atoms with Gasteiger partial charge in [0.05, 0.1) is 4.92 Å². The zero-order chi connectivity index (χ0) is 17.8. The SMILES string of the molecule is CC1CCN(Cc2ccc(NC(=O)c3[nH]ncc3[N+](=O)[O-])cc2)CC1. The van der Waals surface area contributed by atoms with Crippen LogP contribution in [-0.4, -0.2) is 39.0 Å². The van der Waals surface area contributed by atoms with Gasteiger partial charge in [0, 0.05) is 12.2 Å². The van der Waals surface area contributed by atoms with Crippen LogP contribution in [0.1, 0.15) is 35.8 Å². The van der Waals surface area contributed by atoms with Crippen molar-refractivity contribution in [1.82, 2.24) is 15.1 Å². The predicted octanol–water partition coefficient (Wildman–Crippen LogP) is 2.80. The average Bonchev–Trinajstić information content (AvgIpc) is 3.09. The van der Waals surface area contributed by atoms with Crippen molar-refractivity contribution in [1.29, 1.82) is 0 Å². The van der Waals surface area contributed by atoms with Crippen molar-refractivity contribution >= 4 is 17.3 Å². The Hall–Kier alpha value is -2.74. The number of nitro groups is 1. The fourth-order valence-corrected chi connectivity index (χ4v) is 2.95. The van der Waals surface area contributed by atoms with Crippen molar-refractivity contribution in [2.75, 3.05) is 18.4 Å². The number of carbonyl (C=O) groups is 1. The summed E-state index contributed by atoms with van der Waals surface area (Å²) in [6, 6.07) is 7.55. The molecule has 2 heterocycles. The van der Waals surface area contributed by atoms with Crippen molar-refractivity contribution in [3.8, 4) is 0 Å². The smallest absolute Gasteiger partial charge is 0.319 e. The number of benzene rings is 1. The van der Waals surface area contributed by atoms with Gasteiger partial charge in [-0.05, 0) is 49.5 Å². The van der Waals surface area contributed by atoms with E-state index in [1.165, 1.54) is 18.4 Å². The Bertz CT molecular complexity index is 748. The summed E-state index contributed by atoms with van der Waals surface area (Å²) in [5, 5.41) is 19.4. The summed E-state index contributed by atoms with van der Waals surface area (Å²) in [4.78, 5) is 24.8. The number of likely N-dealkylation sites (tertiary alicyclic amines) is 1. The van der Waals surface area contributed by atoms with E-state index in [0.717, 1.165) is 31.7 Å². The maximum absolute atomic E-state index is 12.1. The summed E-state index contributed by atoms with van der Waals surface area (Å²) in [6.45, 7) is 5.41.